The van der Waals surface area contributed by atoms with Gasteiger partial charge in [-0.3, -0.25) is 4.79 Å². The second kappa shape index (κ2) is 16.5. The van der Waals surface area contributed by atoms with Gasteiger partial charge in [0.2, 0.25) is 5.91 Å². The van der Waals surface area contributed by atoms with Gasteiger partial charge in [-0.05, 0) is 40.3 Å². The zero-order chi connectivity index (χ0) is 32.0. The number of amides is 2. The fourth-order valence-corrected chi connectivity index (χ4v) is 4.51. The Morgan fingerprint density at radius 1 is 0.644 bits per heavy atom. The Labute approximate surface area is 263 Å². The monoisotopic (exact) mass is 610 g/mol. The minimum absolute atomic E-state index is 0.0228. The van der Waals surface area contributed by atoms with Gasteiger partial charge in [-0.25, -0.2) is 9.59 Å². The van der Waals surface area contributed by atoms with Crippen molar-refractivity contribution in [3.05, 3.63) is 131 Å². The fourth-order valence-electron chi connectivity index (χ4n) is 4.51. The number of hydrogen-bond donors (Lipinski definition) is 3. The lowest BCUT2D eigenvalue weighted by molar-refractivity contribution is -0.142. The molecule has 3 N–H and O–H groups in total. The summed E-state index contributed by atoms with van der Waals surface area (Å²) < 4.78 is 17.4. The molecule has 0 aromatic heterocycles. The van der Waals surface area contributed by atoms with Gasteiger partial charge in [0, 0.05) is 6.42 Å². The average molecular weight is 611 g/mol. The largest absolute Gasteiger partial charge is 0.485 e. The number of rotatable bonds is 15. The highest BCUT2D eigenvalue weighted by Crippen LogP contribution is 2.31. The maximum absolute atomic E-state index is 13.2. The lowest BCUT2D eigenvalue weighted by Gasteiger charge is -2.24. The molecule has 0 heterocycles. The first kappa shape index (κ1) is 32.6. The Bertz CT molecular complexity index is 1530. The van der Waals surface area contributed by atoms with Crippen LogP contribution >= 0.6 is 0 Å². The Morgan fingerprint density at radius 2 is 1.16 bits per heavy atom. The van der Waals surface area contributed by atoms with Crippen LogP contribution in [0.2, 0.25) is 0 Å². The minimum Gasteiger partial charge on any atom is -0.485 e. The van der Waals surface area contributed by atoms with E-state index in [2.05, 4.69) is 10.6 Å². The van der Waals surface area contributed by atoms with Crippen LogP contribution in [0.1, 0.15) is 36.1 Å². The SMILES string of the molecule is CC(C)[C@@H](NC(=O)OCc1ccccc1)C(=O)N[C@@H](Cc1ccc(OCc2ccccc2)c(OCc2ccccc2)c1)C(=O)O. The van der Waals surface area contributed by atoms with Crippen LogP contribution in [-0.2, 0) is 40.6 Å². The zero-order valence-corrected chi connectivity index (χ0v) is 25.3. The number of benzene rings is 4. The van der Waals surface area contributed by atoms with Crippen LogP contribution in [0.15, 0.2) is 109 Å². The normalized spacial score (nSPS) is 12.1. The van der Waals surface area contributed by atoms with Gasteiger partial charge in [0.1, 0.15) is 31.9 Å². The number of alkyl carbamates (subject to hydrolysis) is 1. The smallest absolute Gasteiger partial charge is 0.408 e. The molecule has 0 bridgehead atoms. The predicted molar refractivity (Wildman–Crippen MR) is 170 cm³/mol. The molecule has 0 aliphatic carbocycles. The summed E-state index contributed by atoms with van der Waals surface area (Å²) >= 11 is 0. The topological polar surface area (TPSA) is 123 Å². The van der Waals surface area contributed by atoms with Gasteiger partial charge in [0.05, 0.1) is 0 Å². The number of ether oxygens (including phenoxy) is 3. The molecule has 2 amide bonds. The molecular weight excluding hydrogens is 572 g/mol. The van der Waals surface area contributed by atoms with Crippen molar-refractivity contribution in [2.24, 2.45) is 5.92 Å². The van der Waals surface area contributed by atoms with Crippen molar-refractivity contribution < 1.29 is 33.7 Å². The van der Waals surface area contributed by atoms with Crippen molar-refractivity contribution >= 4 is 18.0 Å². The standard InChI is InChI=1S/C36H38N2O7/c1-25(2)33(38-36(42)45-24-28-16-10-5-11-17-28)34(39)37-30(35(40)41)20-29-18-19-31(43-22-26-12-6-3-7-13-26)32(21-29)44-23-27-14-8-4-9-15-27/h3-19,21,25,30,33H,20,22-24H2,1-2H3,(H,37,39)(H,38,42)(H,40,41)/t30-,33+/m0/s1. The highest BCUT2D eigenvalue weighted by atomic mass is 16.5. The predicted octanol–water partition coefficient (Wildman–Crippen LogP) is 5.91. The Hall–Kier alpha value is -5.31. The molecule has 2 atom stereocenters. The molecule has 0 aliphatic rings. The lowest BCUT2D eigenvalue weighted by atomic mass is 10.0. The number of hydrogen-bond acceptors (Lipinski definition) is 6. The summed E-state index contributed by atoms with van der Waals surface area (Å²) in [5.41, 5.74) is 3.37. The summed E-state index contributed by atoms with van der Waals surface area (Å²) in [5.74, 6) is -1.22. The van der Waals surface area contributed by atoms with E-state index < -0.39 is 30.1 Å². The van der Waals surface area contributed by atoms with Crippen LogP contribution in [0, 0.1) is 5.92 Å². The molecule has 9 heteroatoms. The first-order valence-corrected chi connectivity index (χ1v) is 14.7. The summed E-state index contributed by atoms with van der Waals surface area (Å²) in [4.78, 5) is 37.9. The molecule has 0 aliphatic heterocycles. The van der Waals surface area contributed by atoms with Crippen molar-refractivity contribution in [3.63, 3.8) is 0 Å². The van der Waals surface area contributed by atoms with E-state index in [1.165, 1.54) is 0 Å². The minimum atomic E-state index is -1.26. The van der Waals surface area contributed by atoms with E-state index in [4.69, 9.17) is 14.2 Å². The van der Waals surface area contributed by atoms with E-state index in [1.807, 2.05) is 91.0 Å². The van der Waals surface area contributed by atoms with Crippen molar-refractivity contribution in [1.29, 1.82) is 0 Å². The molecule has 0 saturated heterocycles. The van der Waals surface area contributed by atoms with Gasteiger partial charge in [-0.2, -0.15) is 0 Å². The van der Waals surface area contributed by atoms with Gasteiger partial charge in [0.25, 0.3) is 0 Å². The zero-order valence-electron chi connectivity index (χ0n) is 25.3. The summed E-state index contributed by atoms with van der Waals surface area (Å²) in [6, 6.07) is 31.5. The lowest BCUT2D eigenvalue weighted by Crippen LogP contribution is -2.54. The van der Waals surface area contributed by atoms with Crippen LogP contribution < -0.4 is 20.1 Å². The third-order valence-corrected chi connectivity index (χ3v) is 6.97. The maximum atomic E-state index is 13.2. The molecule has 0 spiro atoms. The highest BCUT2D eigenvalue weighted by molar-refractivity contribution is 5.89. The van der Waals surface area contributed by atoms with Gasteiger partial charge in [-0.15, -0.1) is 0 Å². The third-order valence-electron chi connectivity index (χ3n) is 6.97. The highest BCUT2D eigenvalue weighted by Gasteiger charge is 2.29. The molecule has 45 heavy (non-hydrogen) atoms. The summed E-state index contributed by atoms with van der Waals surface area (Å²) in [5, 5.41) is 15.2. The van der Waals surface area contributed by atoms with Crippen LogP contribution in [-0.4, -0.2) is 35.2 Å². The Morgan fingerprint density at radius 3 is 1.67 bits per heavy atom. The van der Waals surface area contributed by atoms with Gasteiger partial charge < -0.3 is 30.0 Å². The van der Waals surface area contributed by atoms with Crippen LogP contribution in [0.25, 0.3) is 0 Å². The molecule has 0 radical (unpaired) electrons. The second-order valence-electron chi connectivity index (χ2n) is 10.9. The van der Waals surface area contributed by atoms with Crippen LogP contribution in [0.4, 0.5) is 4.79 Å². The summed E-state index contributed by atoms with van der Waals surface area (Å²) in [6.45, 7) is 4.15. The number of carboxylic acid groups (broad SMARTS) is 1. The van der Waals surface area contributed by atoms with Crippen molar-refractivity contribution in [3.8, 4) is 11.5 Å². The number of nitrogens with one attached hydrogen (secondary N) is 2. The Kier molecular flexibility index (Phi) is 12.0. The van der Waals surface area contributed by atoms with Crippen LogP contribution in [0.5, 0.6) is 11.5 Å². The van der Waals surface area contributed by atoms with E-state index in [0.29, 0.717) is 23.7 Å². The molecule has 4 aromatic carbocycles. The van der Waals surface area contributed by atoms with Gasteiger partial charge >= 0.3 is 12.1 Å². The number of aliphatic carboxylic acids is 1. The molecule has 0 unspecified atom stereocenters. The first-order chi connectivity index (χ1) is 21.8. The number of carbonyl (C=O) groups excluding carboxylic acids is 2. The molecule has 0 fully saturated rings. The van der Waals surface area contributed by atoms with Crippen molar-refractivity contribution in [1.82, 2.24) is 10.6 Å². The third kappa shape index (κ3) is 10.4. The number of carbonyl (C=O) groups is 3. The maximum Gasteiger partial charge on any atom is 0.408 e. The van der Waals surface area contributed by atoms with Gasteiger partial charge in [0.15, 0.2) is 11.5 Å². The quantitative estimate of drug-likeness (QED) is 0.153. The van der Waals surface area contributed by atoms with Crippen molar-refractivity contribution in [2.75, 3.05) is 0 Å². The summed E-state index contributed by atoms with van der Waals surface area (Å²) in [6.07, 6.45) is -0.795. The van der Waals surface area contributed by atoms with E-state index in [1.54, 1.807) is 32.0 Å². The molecule has 0 saturated carbocycles. The molecule has 234 valence electrons. The van der Waals surface area contributed by atoms with E-state index >= 15 is 0 Å². The molecule has 4 rings (SSSR count). The fraction of sp³-hybridized carbons (Fsp3) is 0.250. The number of carboxylic acids is 1. The van der Waals surface area contributed by atoms with Crippen molar-refractivity contribution in [2.45, 2.75) is 52.2 Å². The van der Waals surface area contributed by atoms with Gasteiger partial charge in [-0.1, -0.05) is 111 Å². The Balaban J connectivity index is 1.44. The first-order valence-electron chi connectivity index (χ1n) is 14.7. The average Bonchev–Trinajstić information content (AvgIpc) is 3.05. The summed E-state index contributed by atoms with van der Waals surface area (Å²) in [7, 11) is 0. The molecular formula is C36H38N2O7. The second-order valence-corrected chi connectivity index (χ2v) is 10.9. The van der Waals surface area contributed by atoms with Crippen LogP contribution in [0.3, 0.4) is 0 Å². The molecule has 4 aromatic rings. The van der Waals surface area contributed by atoms with E-state index in [9.17, 15) is 19.5 Å². The van der Waals surface area contributed by atoms with E-state index in [0.717, 1.165) is 16.7 Å². The molecule has 9 nitrogen and oxygen atoms in total. The van der Waals surface area contributed by atoms with E-state index in [-0.39, 0.29) is 25.6 Å².